The van der Waals surface area contributed by atoms with Crippen molar-refractivity contribution in [3.05, 3.63) is 55.2 Å². The number of aliphatic hydroxyl groups is 1. The number of aromatic nitrogens is 6. The van der Waals surface area contributed by atoms with Crippen LogP contribution in [0.4, 0.5) is 5.82 Å². The van der Waals surface area contributed by atoms with E-state index in [0.29, 0.717) is 0 Å². The first-order valence-corrected chi connectivity index (χ1v) is 9.87. The highest BCUT2D eigenvalue weighted by molar-refractivity contribution is 5.75. The molecule has 0 aliphatic heterocycles. The van der Waals surface area contributed by atoms with E-state index in [1.807, 2.05) is 48.0 Å². The summed E-state index contributed by atoms with van der Waals surface area (Å²) in [4.78, 5) is 13.7. The molecule has 5 rings (SSSR count). The second kappa shape index (κ2) is 6.97. The van der Waals surface area contributed by atoms with Crippen molar-refractivity contribution in [2.24, 2.45) is 0 Å². The first-order valence-electron chi connectivity index (χ1n) is 9.87. The van der Waals surface area contributed by atoms with Crippen LogP contribution in [0, 0.1) is 0 Å². The highest BCUT2D eigenvalue weighted by atomic mass is 16.3. The molecule has 0 spiro atoms. The molecule has 4 aromatic heterocycles. The molecule has 4 aromatic rings. The lowest BCUT2D eigenvalue weighted by atomic mass is 9.83. The lowest BCUT2D eigenvalue weighted by molar-refractivity contribution is 0.0182. The Kier molecular flexibility index (Phi) is 4.28. The van der Waals surface area contributed by atoms with Crippen LogP contribution in [0.15, 0.2) is 55.2 Å². The molecule has 0 aromatic carbocycles. The van der Waals surface area contributed by atoms with E-state index in [4.69, 9.17) is 4.98 Å². The molecule has 8 heteroatoms. The summed E-state index contributed by atoms with van der Waals surface area (Å²) in [6.45, 7) is 1.91. The highest BCUT2D eigenvalue weighted by Gasteiger charge is 2.30. The van der Waals surface area contributed by atoms with Gasteiger partial charge < -0.3 is 10.4 Å². The standard InChI is InChI=1S/C21H23N7O/c1-21(29)8-2-4-15(13-21)25-18-6-5-17-20(26-18)27(14-23-17)16-7-10-22-19(12-16)28-11-3-9-24-28/h3,5-7,9-12,14-15,29H,2,4,8,13H2,1H3,(H,25,26)/t15-,21-/m0/s1. The van der Waals surface area contributed by atoms with Crippen molar-refractivity contribution < 1.29 is 5.11 Å². The van der Waals surface area contributed by atoms with Gasteiger partial charge in [-0.05, 0) is 56.9 Å². The minimum Gasteiger partial charge on any atom is -0.390 e. The SMILES string of the molecule is C[C@]1(O)CCC[C@H](Nc2ccc3ncn(-c4ccnc(-n5cccn5)c4)c3n2)C1. The number of imidazole rings is 1. The van der Waals surface area contributed by atoms with E-state index in [1.54, 1.807) is 23.4 Å². The summed E-state index contributed by atoms with van der Waals surface area (Å²) in [7, 11) is 0. The molecule has 29 heavy (non-hydrogen) atoms. The van der Waals surface area contributed by atoms with Crippen molar-refractivity contribution in [2.45, 2.75) is 44.2 Å². The van der Waals surface area contributed by atoms with E-state index in [-0.39, 0.29) is 6.04 Å². The maximum atomic E-state index is 10.4. The van der Waals surface area contributed by atoms with Crippen molar-refractivity contribution >= 4 is 17.0 Å². The van der Waals surface area contributed by atoms with Gasteiger partial charge in [-0.3, -0.25) is 4.57 Å². The maximum absolute atomic E-state index is 10.4. The third-order valence-electron chi connectivity index (χ3n) is 5.45. The quantitative estimate of drug-likeness (QED) is 0.557. The number of fused-ring (bicyclic) bond motifs is 1. The Labute approximate surface area is 168 Å². The number of nitrogens with one attached hydrogen (secondary N) is 1. The second-order valence-corrected chi connectivity index (χ2v) is 7.91. The van der Waals surface area contributed by atoms with Gasteiger partial charge in [0.2, 0.25) is 0 Å². The van der Waals surface area contributed by atoms with Crippen LogP contribution >= 0.6 is 0 Å². The zero-order valence-corrected chi connectivity index (χ0v) is 16.2. The van der Waals surface area contributed by atoms with E-state index < -0.39 is 5.60 Å². The predicted molar refractivity (Wildman–Crippen MR) is 110 cm³/mol. The fourth-order valence-electron chi connectivity index (χ4n) is 4.05. The van der Waals surface area contributed by atoms with Crippen molar-refractivity contribution in [3.63, 3.8) is 0 Å². The fourth-order valence-corrected chi connectivity index (χ4v) is 4.05. The van der Waals surface area contributed by atoms with Crippen molar-refractivity contribution in [1.82, 2.24) is 29.3 Å². The largest absolute Gasteiger partial charge is 0.390 e. The minimum absolute atomic E-state index is 0.215. The van der Waals surface area contributed by atoms with Crippen LogP contribution in [0.3, 0.4) is 0 Å². The smallest absolute Gasteiger partial charge is 0.166 e. The van der Waals surface area contributed by atoms with Crippen LogP contribution in [0.25, 0.3) is 22.7 Å². The summed E-state index contributed by atoms with van der Waals surface area (Å²) in [5, 5.41) is 18.1. The van der Waals surface area contributed by atoms with E-state index in [2.05, 4.69) is 20.4 Å². The lowest BCUT2D eigenvalue weighted by Gasteiger charge is -2.34. The molecule has 0 radical (unpaired) electrons. The molecule has 0 amide bonds. The predicted octanol–water partition coefficient (Wildman–Crippen LogP) is 3.11. The van der Waals surface area contributed by atoms with Gasteiger partial charge in [0.1, 0.15) is 17.7 Å². The number of rotatable bonds is 4. The summed E-state index contributed by atoms with van der Waals surface area (Å²) in [6, 6.07) is 9.88. The zero-order valence-electron chi connectivity index (χ0n) is 16.2. The van der Waals surface area contributed by atoms with Gasteiger partial charge in [0.05, 0.1) is 11.3 Å². The molecule has 8 nitrogen and oxygen atoms in total. The Morgan fingerprint density at radius 1 is 1.21 bits per heavy atom. The van der Waals surface area contributed by atoms with Crippen LogP contribution in [-0.4, -0.2) is 46.0 Å². The van der Waals surface area contributed by atoms with Crippen LogP contribution < -0.4 is 5.32 Å². The molecule has 4 heterocycles. The normalized spacial score (nSPS) is 22.1. The number of pyridine rings is 2. The fraction of sp³-hybridized carbons (Fsp3) is 0.333. The maximum Gasteiger partial charge on any atom is 0.166 e. The Bertz CT molecular complexity index is 1130. The second-order valence-electron chi connectivity index (χ2n) is 7.91. The Morgan fingerprint density at radius 2 is 2.14 bits per heavy atom. The molecule has 0 bridgehead atoms. The van der Waals surface area contributed by atoms with Gasteiger partial charge in [-0.2, -0.15) is 5.10 Å². The summed E-state index contributed by atoms with van der Waals surface area (Å²) in [5.41, 5.74) is 1.90. The van der Waals surface area contributed by atoms with Crippen LogP contribution in [-0.2, 0) is 0 Å². The number of nitrogens with zero attached hydrogens (tertiary/aromatic N) is 6. The summed E-state index contributed by atoms with van der Waals surface area (Å²) >= 11 is 0. The average molecular weight is 389 g/mol. The lowest BCUT2D eigenvalue weighted by Crippen LogP contribution is -2.38. The third-order valence-corrected chi connectivity index (χ3v) is 5.45. The first-order chi connectivity index (χ1) is 14.1. The molecule has 1 fully saturated rings. The average Bonchev–Trinajstić information content (AvgIpc) is 3.37. The molecule has 0 saturated heterocycles. The molecule has 2 atom stereocenters. The molecule has 1 aliphatic rings. The molecular formula is C21H23N7O. The summed E-state index contributed by atoms with van der Waals surface area (Å²) < 4.78 is 3.67. The van der Waals surface area contributed by atoms with E-state index in [9.17, 15) is 5.11 Å². The van der Waals surface area contributed by atoms with Crippen molar-refractivity contribution in [2.75, 3.05) is 5.32 Å². The monoisotopic (exact) mass is 389 g/mol. The van der Waals surface area contributed by atoms with E-state index in [1.165, 1.54) is 0 Å². The zero-order chi connectivity index (χ0) is 19.8. The van der Waals surface area contributed by atoms with Crippen LogP contribution in [0.2, 0.25) is 0 Å². The minimum atomic E-state index is -0.609. The Hall–Kier alpha value is -3.26. The first kappa shape index (κ1) is 17.8. The van der Waals surface area contributed by atoms with Gasteiger partial charge in [-0.25, -0.2) is 19.6 Å². The van der Waals surface area contributed by atoms with Crippen LogP contribution in [0.5, 0.6) is 0 Å². The molecule has 2 N–H and O–H groups in total. The van der Waals surface area contributed by atoms with Crippen LogP contribution in [0.1, 0.15) is 32.6 Å². The van der Waals surface area contributed by atoms with E-state index >= 15 is 0 Å². The molecule has 1 aliphatic carbocycles. The van der Waals surface area contributed by atoms with E-state index in [0.717, 1.165) is 54.2 Å². The summed E-state index contributed by atoms with van der Waals surface area (Å²) in [5.74, 6) is 1.52. The van der Waals surface area contributed by atoms with Crippen molar-refractivity contribution in [1.29, 1.82) is 0 Å². The Balaban J connectivity index is 1.47. The number of anilines is 1. The highest BCUT2D eigenvalue weighted by Crippen LogP contribution is 2.30. The molecule has 0 unspecified atom stereocenters. The number of hydrogen-bond donors (Lipinski definition) is 2. The topological polar surface area (TPSA) is 93.7 Å². The number of hydrogen-bond acceptors (Lipinski definition) is 6. The van der Waals surface area contributed by atoms with Gasteiger partial charge in [0, 0.05) is 30.7 Å². The molecule has 1 saturated carbocycles. The van der Waals surface area contributed by atoms with Gasteiger partial charge in [-0.15, -0.1) is 0 Å². The van der Waals surface area contributed by atoms with Gasteiger partial charge in [0.15, 0.2) is 11.5 Å². The van der Waals surface area contributed by atoms with Gasteiger partial charge in [-0.1, -0.05) is 0 Å². The van der Waals surface area contributed by atoms with Crippen molar-refractivity contribution in [3.8, 4) is 11.5 Å². The molecule has 148 valence electrons. The Morgan fingerprint density at radius 3 is 2.97 bits per heavy atom. The summed E-state index contributed by atoms with van der Waals surface area (Å²) in [6.07, 6.45) is 10.7. The third kappa shape index (κ3) is 3.58. The van der Waals surface area contributed by atoms with Gasteiger partial charge in [0.25, 0.3) is 0 Å². The van der Waals surface area contributed by atoms with Gasteiger partial charge >= 0.3 is 0 Å². The molecular weight excluding hydrogens is 366 g/mol.